The molecule has 1 aliphatic rings. The van der Waals surface area contributed by atoms with Crippen molar-refractivity contribution < 1.29 is 0 Å². The molecule has 0 saturated heterocycles. The maximum absolute atomic E-state index is 5.49. The molecule has 1 aromatic heterocycles. The number of anilines is 1. The molecule has 0 spiro atoms. The summed E-state index contributed by atoms with van der Waals surface area (Å²) in [6, 6.07) is 1.78. The summed E-state index contributed by atoms with van der Waals surface area (Å²) >= 11 is 0. The number of nitrogens with two attached hydrogens (primary N) is 1. The van der Waals surface area contributed by atoms with Crippen LogP contribution < -0.4 is 11.1 Å². The fourth-order valence-electron chi connectivity index (χ4n) is 0.845. The van der Waals surface area contributed by atoms with E-state index >= 15 is 0 Å². The first-order chi connectivity index (χ1) is 4.88. The first kappa shape index (κ1) is 5.22. The Morgan fingerprint density at radius 2 is 2.30 bits per heavy atom. The van der Waals surface area contributed by atoms with Gasteiger partial charge in [-0.3, -0.25) is 0 Å². The SMILES string of the molecule is Nc1nccc2c1N=C[N]2. The Morgan fingerprint density at radius 3 is 3.10 bits per heavy atom. The standard InChI is InChI=1S/C6H5N4/c7-6-5-4(1-2-8-6)9-3-10-5/h1-3H,(H2,7,8). The predicted octanol–water partition coefficient (Wildman–Crippen LogP) is 0.573. The summed E-state index contributed by atoms with van der Waals surface area (Å²) in [5.41, 5.74) is 6.97. The summed E-state index contributed by atoms with van der Waals surface area (Å²) in [5, 5.41) is 3.95. The number of pyridine rings is 1. The fourth-order valence-corrected chi connectivity index (χ4v) is 0.845. The number of fused-ring (bicyclic) bond motifs is 1. The third kappa shape index (κ3) is 0.556. The van der Waals surface area contributed by atoms with Gasteiger partial charge in [0.05, 0.1) is 5.69 Å². The number of hydrogen-bond donors (Lipinski definition) is 1. The van der Waals surface area contributed by atoms with Crippen LogP contribution in [0.3, 0.4) is 0 Å². The highest BCUT2D eigenvalue weighted by molar-refractivity contribution is 5.86. The monoisotopic (exact) mass is 133 g/mol. The van der Waals surface area contributed by atoms with Crippen molar-refractivity contribution in [3.8, 4) is 0 Å². The van der Waals surface area contributed by atoms with Crippen molar-refractivity contribution in [2.45, 2.75) is 0 Å². The number of nitrogens with zero attached hydrogens (tertiary/aromatic N) is 3. The van der Waals surface area contributed by atoms with Gasteiger partial charge < -0.3 is 5.73 Å². The van der Waals surface area contributed by atoms with E-state index in [0.717, 1.165) is 5.69 Å². The van der Waals surface area contributed by atoms with Crippen molar-refractivity contribution in [2.75, 3.05) is 5.73 Å². The van der Waals surface area contributed by atoms with E-state index in [4.69, 9.17) is 5.73 Å². The van der Waals surface area contributed by atoms with Crippen LogP contribution in [0.2, 0.25) is 0 Å². The first-order valence-corrected chi connectivity index (χ1v) is 2.86. The molecule has 4 heteroatoms. The van der Waals surface area contributed by atoms with Gasteiger partial charge in [0, 0.05) is 6.20 Å². The molecule has 1 radical (unpaired) electrons. The highest BCUT2D eigenvalue weighted by Gasteiger charge is 2.09. The predicted molar refractivity (Wildman–Crippen MR) is 38.6 cm³/mol. The number of aliphatic imine (C=N–C) groups is 1. The molecule has 0 atom stereocenters. The third-order valence-electron chi connectivity index (χ3n) is 1.31. The molecule has 1 aliphatic heterocycles. The van der Waals surface area contributed by atoms with E-state index in [2.05, 4.69) is 15.3 Å². The highest BCUT2D eigenvalue weighted by atomic mass is 15.1. The molecule has 0 aliphatic carbocycles. The average molecular weight is 133 g/mol. The van der Waals surface area contributed by atoms with Crippen LogP contribution in [0.1, 0.15) is 0 Å². The molecule has 49 valence electrons. The quantitative estimate of drug-likeness (QED) is 0.562. The van der Waals surface area contributed by atoms with Gasteiger partial charge in [0.2, 0.25) is 0 Å². The van der Waals surface area contributed by atoms with Crippen LogP contribution in [0.15, 0.2) is 17.3 Å². The van der Waals surface area contributed by atoms with Gasteiger partial charge in [-0.05, 0) is 6.07 Å². The molecule has 10 heavy (non-hydrogen) atoms. The van der Waals surface area contributed by atoms with E-state index in [0.29, 0.717) is 11.5 Å². The summed E-state index contributed by atoms with van der Waals surface area (Å²) < 4.78 is 0. The number of nitrogen functional groups attached to an aromatic ring is 1. The van der Waals surface area contributed by atoms with Gasteiger partial charge in [0.25, 0.3) is 0 Å². The van der Waals surface area contributed by atoms with E-state index in [9.17, 15) is 0 Å². The lowest BCUT2D eigenvalue weighted by Crippen LogP contribution is -1.90. The zero-order chi connectivity index (χ0) is 6.97. The lowest BCUT2D eigenvalue weighted by Gasteiger charge is -1.95. The topological polar surface area (TPSA) is 65.4 Å². The van der Waals surface area contributed by atoms with E-state index in [1.54, 1.807) is 12.3 Å². The number of hydrogen-bond acceptors (Lipinski definition) is 3. The minimum Gasteiger partial charge on any atom is -0.382 e. The maximum Gasteiger partial charge on any atom is 0.151 e. The third-order valence-corrected chi connectivity index (χ3v) is 1.31. The van der Waals surface area contributed by atoms with Gasteiger partial charge >= 0.3 is 0 Å². The van der Waals surface area contributed by atoms with Crippen molar-refractivity contribution in [1.29, 1.82) is 0 Å². The molecule has 0 bridgehead atoms. The van der Waals surface area contributed by atoms with Crippen LogP contribution in [0.4, 0.5) is 17.2 Å². The Labute approximate surface area is 57.8 Å². The Bertz CT molecular complexity index is 292. The molecule has 0 aromatic carbocycles. The summed E-state index contributed by atoms with van der Waals surface area (Å²) in [5.74, 6) is 0.440. The van der Waals surface area contributed by atoms with Gasteiger partial charge in [0.15, 0.2) is 5.82 Å². The number of aromatic nitrogens is 1. The van der Waals surface area contributed by atoms with Gasteiger partial charge in [-0.1, -0.05) is 0 Å². The zero-order valence-electron chi connectivity index (χ0n) is 5.15. The number of rotatable bonds is 0. The van der Waals surface area contributed by atoms with Crippen LogP contribution in [0.5, 0.6) is 0 Å². The molecule has 0 saturated carbocycles. The van der Waals surface area contributed by atoms with Crippen LogP contribution in [-0.4, -0.2) is 11.3 Å². The molecule has 2 rings (SSSR count). The summed E-state index contributed by atoms with van der Waals surface area (Å²) in [6.45, 7) is 0. The second-order valence-corrected chi connectivity index (χ2v) is 1.94. The van der Waals surface area contributed by atoms with E-state index in [-0.39, 0.29) is 0 Å². The second kappa shape index (κ2) is 1.70. The van der Waals surface area contributed by atoms with Crippen molar-refractivity contribution >= 4 is 23.5 Å². The molecular weight excluding hydrogens is 128 g/mol. The molecule has 0 unspecified atom stereocenters. The normalized spacial score (nSPS) is 12.8. The highest BCUT2D eigenvalue weighted by Crippen LogP contribution is 2.31. The maximum atomic E-state index is 5.49. The van der Waals surface area contributed by atoms with Crippen molar-refractivity contribution in [2.24, 2.45) is 4.99 Å². The van der Waals surface area contributed by atoms with Crippen LogP contribution in [-0.2, 0) is 0 Å². The minimum atomic E-state index is 0.440. The van der Waals surface area contributed by atoms with Crippen LogP contribution in [0.25, 0.3) is 0 Å². The molecule has 2 heterocycles. The van der Waals surface area contributed by atoms with E-state index < -0.39 is 0 Å². The van der Waals surface area contributed by atoms with E-state index in [1.807, 2.05) is 0 Å². The molecule has 2 N–H and O–H groups in total. The Hall–Kier alpha value is -1.58. The van der Waals surface area contributed by atoms with Gasteiger partial charge in [-0.2, -0.15) is 0 Å². The molecule has 0 amide bonds. The van der Waals surface area contributed by atoms with Gasteiger partial charge in [0.1, 0.15) is 12.0 Å². The van der Waals surface area contributed by atoms with Crippen molar-refractivity contribution in [3.63, 3.8) is 0 Å². The lowest BCUT2D eigenvalue weighted by molar-refractivity contribution is 1.28. The van der Waals surface area contributed by atoms with Crippen molar-refractivity contribution in [1.82, 2.24) is 10.3 Å². The van der Waals surface area contributed by atoms with E-state index in [1.165, 1.54) is 6.34 Å². The average Bonchev–Trinajstić information content (AvgIpc) is 2.36. The second-order valence-electron chi connectivity index (χ2n) is 1.94. The summed E-state index contributed by atoms with van der Waals surface area (Å²) in [7, 11) is 0. The molecule has 1 aromatic rings. The lowest BCUT2D eigenvalue weighted by atomic mass is 10.3. The first-order valence-electron chi connectivity index (χ1n) is 2.86. The van der Waals surface area contributed by atoms with Gasteiger partial charge in [-0.15, -0.1) is 0 Å². The minimum absolute atomic E-state index is 0.440. The fraction of sp³-hybridized carbons (Fsp3) is 0. The molecule has 0 fully saturated rings. The Morgan fingerprint density at radius 1 is 1.40 bits per heavy atom. The largest absolute Gasteiger partial charge is 0.382 e. The molecular formula is C6H5N4. The summed E-state index contributed by atoms with van der Waals surface area (Å²) in [6.07, 6.45) is 3.09. The molecule has 4 nitrogen and oxygen atoms in total. The van der Waals surface area contributed by atoms with Crippen LogP contribution in [0, 0.1) is 0 Å². The van der Waals surface area contributed by atoms with Crippen molar-refractivity contribution in [3.05, 3.63) is 12.3 Å². The Balaban J connectivity index is 2.67. The Kier molecular flexibility index (Phi) is 0.887. The van der Waals surface area contributed by atoms with Crippen LogP contribution >= 0.6 is 0 Å². The zero-order valence-corrected chi connectivity index (χ0v) is 5.15. The smallest absolute Gasteiger partial charge is 0.151 e. The van der Waals surface area contributed by atoms with Gasteiger partial charge in [-0.25, -0.2) is 15.3 Å². The summed E-state index contributed by atoms with van der Waals surface area (Å²) in [4.78, 5) is 7.77.